The Kier molecular flexibility index (Phi) is 8.30. The second kappa shape index (κ2) is 9.71. The van der Waals surface area contributed by atoms with E-state index in [1.54, 1.807) is 7.05 Å². The van der Waals surface area contributed by atoms with Gasteiger partial charge in [-0.2, -0.15) is 0 Å². The third kappa shape index (κ3) is 6.25. The summed E-state index contributed by atoms with van der Waals surface area (Å²) in [5, 5.41) is 6.69. The number of ether oxygens (including phenoxy) is 1. The molecule has 1 aromatic rings. The summed E-state index contributed by atoms with van der Waals surface area (Å²) < 4.78 is 5.77. The quantitative estimate of drug-likeness (QED) is 0.255. The largest absolute Gasteiger partial charge is 0.492 e. The number of benzene rings is 1. The van der Waals surface area contributed by atoms with Gasteiger partial charge in [-0.3, -0.25) is 4.99 Å². The van der Waals surface area contributed by atoms with Crippen molar-refractivity contribution in [3.8, 4) is 5.75 Å². The zero-order valence-electron chi connectivity index (χ0n) is 13.6. The summed E-state index contributed by atoms with van der Waals surface area (Å²) in [6.07, 6.45) is 6.54. The van der Waals surface area contributed by atoms with E-state index in [0.717, 1.165) is 31.1 Å². The van der Waals surface area contributed by atoms with Gasteiger partial charge in [-0.25, -0.2) is 0 Å². The molecule has 0 radical (unpaired) electrons. The minimum Gasteiger partial charge on any atom is -0.492 e. The van der Waals surface area contributed by atoms with Crippen LogP contribution in [-0.2, 0) is 0 Å². The lowest BCUT2D eigenvalue weighted by molar-refractivity contribution is 0.321. The predicted molar refractivity (Wildman–Crippen MR) is 103 cm³/mol. The second-order valence-electron chi connectivity index (χ2n) is 5.45. The van der Waals surface area contributed by atoms with Crippen molar-refractivity contribution in [3.63, 3.8) is 0 Å². The fraction of sp³-hybridized carbons (Fsp3) is 0.471. The fourth-order valence-electron chi connectivity index (χ4n) is 2.48. The van der Waals surface area contributed by atoms with Gasteiger partial charge >= 0.3 is 0 Å². The van der Waals surface area contributed by atoms with E-state index in [9.17, 15) is 0 Å². The fourth-order valence-corrected chi connectivity index (χ4v) is 2.48. The van der Waals surface area contributed by atoms with Crippen LogP contribution in [0.3, 0.4) is 0 Å². The Bertz CT molecular complexity index is 500. The number of aliphatic imine (C=N–C) groups is 1. The topological polar surface area (TPSA) is 45.7 Å². The van der Waals surface area contributed by atoms with Crippen LogP contribution >= 0.6 is 24.0 Å². The van der Waals surface area contributed by atoms with Crippen LogP contribution in [0.25, 0.3) is 0 Å². The normalized spacial score (nSPS) is 14.6. The molecule has 0 bridgehead atoms. The van der Waals surface area contributed by atoms with E-state index in [-0.39, 0.29) is 24.0 Å². The van der Waals surface area contributed by atoms with Crippen molar-refractivity contribution in [2.24, 2.45) is 4.99 Å². The van der Waals surface area contributed by atoms with Crippen LogP contribution in [0, 0.1) is 13.8 Å². The molecule has 1 aliphatic rings. The summed E-state index contributed by atoms with van der Waals surface area (Å²) in [5.41, 5.74) is 2.45. The highest BCUT2D eigenvalue weighted by Gasteiger charge is 2.11. The number of hydrogen-bond donors (Lipinski definition) is 2. The van der Waals surface area contributed by atoms with Crippen molar-refractivity contribution in [3.05, 3.63) is 41.5 Å². The molecule has 2 N–H and O–H groups in total. The Balaban J connectivity index is 0.00000242. The maximum atomic E-state index is 5.77. The van der Waals surface area contributed by atoms with Crippen molar-refractivity contribution < 1.29 is 4.74 Å². The molecule has 22 heavy (non-hydrogen) atoms. The average molecular weight is 415 g/mol. The Morgan fingerprint density at radius 3 is 2.41 bits per heavy atom. The maximum Gasteiger partial charge on any atom is 0.191 e. The van der Waals surface area contributed by atoms with Gasteiger partial charge < -0.3 is 15.4 Å². The third-order valence-electron chi connectivity index (χ3n) is 3.43. The first-order chi connectivity index (χ1) is 10.2. The Hall–Kier alpha value is -1.24. The predicted octanol–water partition coefficient (Wildman–Crippen LogP) is 3.18. The average Bonchev–Trinajstić information content (AvgIpc) is 2.94. The summed E-state index contributed by atoms with van der Waals surface area (Å²) in [4.78, 5) is 4.24. The van der Waals surface area contributed by atoms with Gasteiger partial charge in [0.15, 0.2) is 5.96 Å². The van der Waals surface area contributed by atoms with E-state index in [2.05, 4.69) is 59.8 Å². The summed E-state index contributed by atoms with van der Waals surface area (Å²) in [6.45, 7) is 5.51. The number of hydrogen-bond acceptors (Lipinski definition) is 2. The summed E-state index contributed by atoms with van der Waals surface area (Å²) in [6, 6.07) is 6.73. The third-order valence-corrected chi connectivity index (χ3v) is 3.43. The molecule has 0 atom stereocenters. The van der Waals surface area contributed by atoms with E-state index in [0.29, 0.717) is 12.6 Å². The molecule has 1 aliphatic carbocycles. The van der Waals surface area contributed by atoms with E-state index in [1.807, 2.05) is 0 Å². The van der Waals surface area contributed by atoms with E-state index in [1.165, 1.54) is 11.1 Å². The van der Waals surface area contributed by atoms with Gasteiger partial charge in [-0.15, -0.1) is 24.0 Å². The first-order valence-electron chi connectivity index (χ1n) is 7.50. The first kappa shape index (κ1) is 18.8. The van der Waals surface area contributed by atoms with Crippen molar-refractivity contribution >= 4 is 29.9 Å². The molecular weight excluding hydrogens is 389 g/mol. The zero-order valence-corrected chi connectivity index (χ0v) is 15.9. The molecule has 2 rings (SSSR count). The lowest BCUT2D eigenvalue weighted by Gasteiger charge is -2.17. The van der Waals surface area contributed by atoms with Gasteiger partial charge in [0.05, 0.1) is 6.54 Å². The van der Waals surface area contributed by atoms with Gasteiger partial charge in [0.2, 0.25) is 0 Å². The Morgan fingerprint density at radius 2 is 1.82 bits per heavy atom. The molecule has 5 heteroatoms. The summed E-state index contributed by atoms with van der Waals surface area (Å²) >= 11 is 0. The molecular formula is C17H26IN3O. The number of aryl methyl sites for hydroxylation is 2. The number of nitrogens with one attached hydrogen (secondary N) is 2. The van der Waals surface area contributed by atoms with Crippen molar-refractivity contribution in [2.45, 2.75) is 32.7 Å². The molecule has 0 unspecified atom stereocenters. The maximum absolute atomic E-state index is 5.77. The van der Waals surface area contributed by atoms with Gasteiger partial charge in [0, 0.05) is 13.1 Å². The monoisotopic (exact) mass is 415 g/mol. The molecule has 1 aromatic carbocycles. The van der Waals surface area contributed by atoms with Crippen LogP contribution in [0.2, 0.25) is 0 Å². The van der Waals surface area contributed by atoms with Crippen LogP contribution < -0.4 is 15.4 Å². The molecule has 0 aromatic heterocycles. The highest BCUT2D eigenvalue weighted by Crippen LogP contribution is 2.15. The molecule has 0 fully saturated rings. The van der Waals surface area contributed by atoms with Crippen LogP contribution in [0.15, 0.2) is 35.3 Å². The zero-order chi connectivity index (χ0) is 15.1. The standard InChI is InChI=1S/C17H25N3O.HI/c1-13-10-14(2)12-16(11-13)21-9-8-19-17(18-3)20-15-6-4-5-7-15;/h4-5,10-12,15H,6-9H2,1-3H3,(H2,18,19,20);1H. The highest BCUT2D eigenvalue weighted by molar-refractivity contribution is 14.0. The smallest absolute Gasteiger partial charge is 0.191 e. The number of rotatable bonds is 5. The number of halogens is 1. The summed E-state index contributed by atoms with van der Waals surface area (Å²) in [7, 11) is 1.79. The number of guanidine groups is 1. The minimum absolute atomic E-state index is 0. The molecule has 4 nitrogen and oxygen atoms in total. The van der Waals surface area contributed by atoms with E-state index < -0.39 is 0 Å². The second-order valence-corrected chi connectivity index (χ2v) is 5.45. The Morgan fingerprint density at radius 1 is 1.18 bits per heavy atom. The van der Waals surface area contributed by atoms with Crippen LogP contribution in [0.1, 0.15) is 24.0 Å². The lowest BCUT2D eigenvalue weighted by Crippen LogP contribution is -2.43. The van der Waals surface area contributed by atoms with Crippen molar-refractivity contribution in [1.82, 2.24) is 10.6 Å². The molecule has 0 heterocycles. The van der Waals surface area contributed by atoms with Crippen LogP contribution in [-0.4, -0.2) is 32.2 Å². The van der Waals surface area contributed by atoms with Crippen molar-refractivity contribution in [1.29, 1.82) is 0 Å². The highest BCUT2D eigenvalue weighted by atomic mass is 127. The van der Waals surface area contributed by atoms with E-state index >= 15 is 0 Å². The molecule has 0 spiro atoms. The van der Waals surface area contributed by atoms with Crippen molar-refractivity contribution in [2.75, 3.05) is 20.2 Å². The van der Waals surface area contributed by atoms with Crippen LogP contribution in [0.5, 0.6) is 5.75 Å². The van der Waals surface area contributed by atoms with E-state index in [4.69, 9.17) is 4.74 Å². The lowest BCUT2D eigenvalue weighted by atomic mass is 10.1. The molecule has 0 saturated heterocycles. The van der Waals surface area contributed by atoms with Gasteiger partial charge in [-0.05, 0) is 49.9 Å². The van der Waals surface area contributed by atoms with Gasteiger partial charge in [0.25, 0.3) is 0 Å². The Labute approximate surface area is 150 Å². The SMILES string of the molecule is CN=C(NCCOc1cc(C)cc(C)c1)NC1CC=CC1.I. The summed E-state index contributed by atoms with van der Waals surface area (Å²) in [5.74, 6) is 1.77. The molecule has 0 saturated carbocycles. The first-order valence-corrected chi connectivity index (χ1v) is 7.50. The molecule has 0 amide bonds. The molecule has 0 aliphatic heterocycles. The van der Waals surface area contributed by atoms with Gasteiger partial charge in [0.1, 0.15) is 12.4 Å². The number of nitrogens with zero attached hydrogens (tertiary/aromatic N) is 1. The van der Waals surface area contributed by atoms with Crippen LogP contribution in [0.4, 0.5) is 0 Å². The molecule has 122 valence electrons. The van der Waals surface area contributed by atoms with Gasteiger partial charge in [-0.1, -0.05) is 18.2 Å². The minimum atomic E-state index is 0.